The molecule has 1 heterocycles. The third-order valence-electron chi connectivity index (χ3n) is 4.08. The Morgan fingerprint density at radius 3 is 2.54 bits per heavy atom. The van der Waals surface area contributed by atoms with Crippen LogP contribution in [0.3, 0.4) is 0 Å². The molecule has 0 amide bonds. The minimum absolute atomic E-state index is 0.226. The van der Waals surface area contributed by atoms with Gasteiger partial charge in [0.1, 0.15) is 4.90 Å². The molecule has 1 aliphatic heterocycles. The molecule has 24 heavy (non-hydrogen) atoms. The van der Waals surface area contributed by atoms with E-state index in [9.17, 15) is 8.42 Å². The molecular formula is C17H22N4O2S. The standard InChI is InChI=1S/C17H22N4O2S/c18-9-3-1-4-10-20-24(22,23)17-8-7-15(14-19)13-16(17)21-11-5-2-6-12-21/h7-8,13,20H,1-6,10-12H2. The van der Waals surface area contributed by atoms with Crippen molar-refractivity contribution in [3.63, 3.8) is 0 Å². The van der Waals surface area contributed by atoms with Gasteiger partial charge in [-0.05, 0) is 50.3 Å². The number of hydrogen-bond acceptors (Lipinski definition) is 5. The smallest absolute Gasteiger partial charge is 0.242 e. The van der Waals surface area contributed by atoms with Crippen molar-refractivity contribution in [3.05, 3.63) is 23.8 Å². The molecule has 6 nitrogen and oxygen atoms in total. The summed E-state index contributed by atoms with van der Waals surface area (Å²) in [4.78, 5) is 2.28. The summed E-state index contributed by atoms with van der Waals surface area (Å²) in [6.45, 7) is 1.92. The maximum Gasteiger partial charge on any atom is 0.242 e. The first-order chi connectivity index (χ1) is 11.6. The molecule has 7 heteroatoms. The van der Waals surface area contributed by atoms with Crippen LogP contribution in [0.5, 0.6) is 0 Å². The molecule has 1 aromatic rings. The van der Waals surface area contributed by atoms with Gasteiger partial charge >= 0.3 is 0 Å². The molecule has 0 atom stereocenters. The van der Waals surface area contributed by atoms with Gasteiger partial charge in [0.2, 0.25) is 10.0 Å². The lowest BCUT2D eigenvalue weighted by Gasteiger charge is -2.30. The van der Waals surface area contributed by atoms with E-state index in [4.69, 9.17) is 10.5 Å². The monoisotopic (exact) mass is 346 g/mol. The molecule has 0 radical (unpaired) electrons. The topological polar surface area (TPSA) is 97.0 Å². The van der Waals surface area contributed by atoms with Crippen molar-refractivity contribution in [2.75, 3.05) is 24.5 Å². The Morgan fingerprint density at radius 2 is 1.88 bits per heavy atom. The number of rotatable bonds is 7. The van der Waals surface area contributed by atoms with Crippen LogP contribution in [0.25, 0.3) is 0 Å². The van der Waals surface area contributed by atoms with Crippen molar-refractivity contribution in [1.82, 2.24) is 4.72 Å². The van der Waals surface area contributed by atoms with Gasteiger partial charge in [-0.3, -0.25) is 0 Å². The normalized spacial score (nSPS) is 14.8. The van der Waals surface area contributed by atoms with Crippen molar-refractivity contribution < 1.29 is 8.42 Å². The van der Waals surface area contributed by atoms with Crippen LogP contribution in [0.15, 0.2) is 23.1 Å². The van der Waals surface area contributed by atoms with Gasteiger partial charge in [-0.25, -0.2) is 13.1 Å². The molecule has 1 aromatic carbocycles. The zero-order valence-electron chi connectivity index (χ0n) is 13.7. The fourth-order valence-electron chi connectivity index (χ4n) is 2.81. The predicted molar refractivity (Wildman–Crippen MR) is 91.9 cm³/mol. The zero-order valence-corrected chi connectivity index (χ0v) is 14.5. The van der Waals surface area contributed by atoms with Crippen LogP contribution in [0, 0.1) is 22.7 Å². The number of nitriles is 2. The summed E-state index contributed by atoms with van der Waals surface area (Å²) >= 11 is 0. The highest BCUT2D eigenvalue weighted by Crippen LogP contribution is 2.29. The summed E-state index contributed by atoms with van der Waals surface area (Å²) in [5.41, 5.74) is 1.07. The van der Waals surface area contributed by atoms with E-state index >= 15 is 0 Å². The number of unbranched alkanes of at least 4 members (excludes halogenated alkanes) is 2. The molecule has 0 saturated carbocycles. The number of anilines is 1. The maximum absolute atomic E-state index is 12.6. The number of nitrogens with one attached hydrogen (secondary N) is 1. The summed E-state index contributed by atoms with van der Waals surface area (Å²) in [5, 5.41) is 17.6. The highest BCUT2D eigenvalue weighted by Gasteiger charge is 2.23. The first-order valence-corrected chi connectivity index (χ1v) is 9.72. The quantitative estimate of drug-likeness (QED) is 0.765. The van der Waals surface area contributed by atoms with Crippen molar-refractivity contribution >= 4 is 15.7 Å². The number of piperidine rings is 1. The number of hydrogen-bond donors (Lipinski definition) is 1. The Hall–Kier alpha value is -2.09. The van der Waals surface area contributed by atoms with Gasteiger partial charge in [0.25, 0.3) is 0 Å². The summed E-state index contributed by atoms with van der Waals surface area (Å²) in [5.74, 6) is 0. The summed E-state index contributed by atoms with van der Waals surface area (Å²) < 4.78 is 27.9. The van der Waals surface area contributed by atoms with Crippen LogP contribution in [0.1, 0.15) is 44.1 Å². The van der Waals surface area contributed by atoms with E-state index in [1.54, 1.807) is 6.07 Å². The SMILES string of the molecule is N#CCCCCNS(=O)(=O)c1ccc(C#N)cc1N1CCCCC1. The van der Waals surface area contributed by atoms with Gasteiger partial charge < -0.3 is 4.90 Å². The lowest BCUT2D eigenvalue weighted by atomic mass is 10.1. The number of benzene rings is 1. The molecule has 1 fully saturated rings. The lowest BCUT2D eigenvalue weighted by molar-refractivity contribution is 0.565. The molecule has 0 unspecified atom stereocenters. The Labute approximate surface area is 143 Å². The first-order valence-electron chi connectivity index (χ1n) is 8.24. The predicted octanol–water partition coefficient (Wildman–Crippen LogP) is 2.52. The van der Waals surface area contributed by atoms with Crippen LogP contribution in [-0.4, -0.2) is 28.1 Å². The Morgan fingerprint density at radius 1 is 1.12 bits per heavy atom. The van der Waals surface area contributed by atoms with Crippen molar-refractivity contribution in [3.8, 4) is 12.1 Å². The molecule has 1 aliphatic rings. The Bertz CT molecular complexity index is 741. The minimum Gasteiger partial charge on any atom is -0.370 e. The van der Waals surface area contributed by atoms with E-state index < -0.39 is 10.0 Å². The molecule has 0 bridgehead atoms. The largest absolute Gasteiger partial charge is 0.370 e. The number of sulfonamides is 1. The van der Waals surface area contributed by atoms with E-state index in [1.807, 2.05) is 6.07 Å². The Kier molecular flexibility index (Phi) is 6.60. The van der Waals surface area contributed by atoms with Crippen LogP contribution in [-0.2, 0) is 10.0 Å². The molecule has 0 aliphatic carbocycles. The highest BCUT2D eigenvalue weighted by atomic mass is 32.2. The molecule has 128 valence electrons. The van der Waals surface area contributed by atoms with Crippen LogP contribution < -0.4 is 9.62 Å². The second-order valence-corrected chi connectivity index (χ2v) is 7.59. The number of nitrogens with zero attached hydrogens (tertiary/aromatic N) is 3. The zero-order chi connectivity index (χ0) is 17.4. The molecule has 1 N–H and O–H groups in total. The van der Waals surface area contributed by atoms with E-state index in [2.05, 4.69) is 15.7 Å². The first kappa shape index (κ1) is 18.3. The van der Waals surface area contributed by atoms with Crippen LogP contribution in [0.2, 0.25) is 0 Å². The minimum atomic E-state index is -3.64. The molecule has 2 rings (SSSR count). The van der Waals surface area contributed by atoms with E-state index in [0.717, 1.165) is 32.4 Å². The third kappa shape index (κ3) is 4.70. The summed E-state index contributed by atoms with van der Waals surface area (Å²) in [6.07, 6.45) is 4.93. The van der Waals surface area contributed by atoms with Gasteiger partial charge in [-0.15, -0.1) is 0 Å². The van der Waals surface area contributed by atoms with Gasteiger partial charge in [-0.1, -0.05) is 0 Å². The van der Waals surface area contributed by atoms with Crippen LogP contribution in [0.4, 0.5) is 5.69 Å². The van der Waals surface area contributed by atoms with Gasteiger partial charge in [0.15, 0.2) is 0 Å². The van der Waals surface area contributed by atoms with Crippen molar-refractivity contribution in [1.29, 1.82) is 10.5 Å². The van der Waals surface area contributed by atoms with E-state index in [-0.39, 0.29) is 4.90 Å². The van der Waals surface area contributed by atoms with E-state index in [0.29, 0.717) is 37.1 Å². The summed E-state index contributed by atoms with van der Waals surface area (Å²) in [6, 6.07) is 8.84. The third-order valence-corrected chi connectivity index (χ3v) is 5.59. The average molecular weight is 346 g/mol. The fourth-order valence-corrected chi connectivity index (χ4v) is 4.09. The van der Waals surface area contributed by atoms with Crippen molar-refractivity contribution in [2.24, 2.45) is 0 Å². The second kappa shape index (κ2) is 8.68. The van der Waals surface area contributed by atoms with Gasteiger partial charge in [0, 0.05) is 26.1 Å². The lowest BCUT2D eigenvalue weighted by Crippen LogP contribution is -2.33. The second-order valence-electron chi connectivity index (χ2n) is 5.86. The molecule has 0 spiro atoms. The summed E-state index contributed by atoms with van der Waals surface area (Å²) in [7, 11) is -3.64. The molecular weight excluding hydrogens is 324 g/mol. The van der Waals surface area contributed by atoms with Gasteiger partial charge in [0.05, 0.1) is 23.4 Å². The highest BCUT2D eigenvalue weighted by molar-refractivity contribution is 7.89. The Balaban J connectivity index is 2.21. The molecule has 0 aromatic heterocycles. The van der Waals surface area contributed by atoms with Crippen LogP contribution >= 0.6 is 0 Å². The average Bonchev–Trinajstić information content (AvgIpc) is 2.61. The maximum atomic E-state index is 12.6. The molecule has 1 saturated heterocycles. The van der Waals surface area contributed by atoms with Gasteiger partial charge in [-0.2, -0.15) is 10.5 Å². The van der Waals surface area contributed by atoms with E-state index in [1.165, 1.54) is 12.1 Å². The fraction of sp³-hybridized carbons (Fsp3) is 0.529. The van der Waals surface area contributed by atoms with Crippen molar-refractivity contribution in [2.45, 2.75) is 43.4 Å².